The minimum Gasteiger partial charge on any atom is -0.394 e. The van der Waals surface area contributed by atoms with Gasteiger partial charge in [-0.1, -0.05) is 34.8 Å². The van der Waals surface area contributed by atoms with E-state index in [1.54, 1.807) is 0 Å². The van der Waals surface area contributed by atoms with Crippen LogP contribution in [0.2, 0.25) is 15.1 Å². The topological polar surface area (TPSA) is 142 Å². The summed E-state index contributed by atoms with van der Waals surface area (Å²) in [5.74, 6) is -1.14. The Morgan fingerprint density at radius 3 is 2.04 bits per heavy atom. The van der Waals surface area contributed by atoms with E-state index in [9.17, 15) is 20.1 Å². The van der Waals surface area contributed by atoms with E-state index in [-0.39, 0.29) is 20.8 Å². The highest BCUT2D eigenvalue weighted by atomic mass is 35.5. The number of aliphatic hydroxyl groups excluding tert-OH is 5. The summed E-state index contributed by atoms with van der Waals surface area (Å²) in [6.07, 6.45) is -7.78. The first-order valence-electron chi connectivity index (χ1n) is 6.22. The van der Waals surface area contributed by atoms with Crippen molar-refractivity contribution in [3.05, 3.63) is 27.2 Å². The van der Waals surface area contributed by atoms with Gasteiger partial charge in [0.1, 0.15) is 18.3 Å². The Kier molecular flexibility index (Phi) is 7.78. The van der Waals surface area contributed by atoms with Crippen LogP contribution in [0.25, 0.3) is 0 Å². The molecule has 1 aromatic rings. The molecule has 1 aromatic carbocycles. The zero-order chi connectivity index (χ0) is 17.7. The van der Waals surface area contributed by atoms with E-state index in [1.807, 2.05) is 5.43 Å². The molecule has 0 saturated heterocycles. The van der Waals surface area contributed by atoms with Crippen molar-refractivity contribution in [1.29, 1.82) is 0 Å². The number of carbonyl (C=O) groups is 1. The molecule has 4 atom stereocenters. The van der Waals surface area contributed by atoms with Crippen molar-refractivity contribution in [1.82, 2.24) is 5.43 Å². The van der Waals surface area contributed by atoms with Crippen LogP contribution in [0.1, 0.15) is 0 Å². The quantitative estimate of drug-likeness (QED) is 0.312. The van der Waals surface area contributed by atoms with E-state index < -0.39 is 36.9 Å². The summed E-state index contributed by atoms with van der Waals surface area (Å²) in [4.78, 5) is 11.7. The number of nitrogens with one attached hydrogen (secondary N) is 2. The molecule has 0 bridgehead atoms. The van der Waals surface area contributed by atoms with Crippen molar-refractivity contribution in [2.24, 2.45) is 0 Å². The standard InChI is InChI=1S/C12H15Cl3N2O6/c13-4-1-5(14)8(6(15)2-4)16-17-12(23)11(22)10(21)9(20)7(19)3-18/h1-2,7,9-11,16,18-22H,3H2,(H,17,23). The normalized spacial score (nSPS) is 16.3. The van der Waals surface area contributed by atoms with Crippen LogP contribution in [0, 0.1) is 0 Å². The minimum absolute atomic E-state index is 0.0913. The molecule has 0 fully saturated rings. The van der Waals surface area contributed by atoms with Crippen LogP contribution in [0.15, 0.2) is 12.1 Å². The lowest BCUT2D eigenvalue weighted by molar-refractivity contribution is -0.148. The zero-order valence-corrected chi connectivity index (χ0v) is 13.7. The zero-order valence-electron chi connectivity index (χ0n) is 11.4. The Balaban J connectivity index is 2.70. The Bertz CT molecular complexity index is 539. The Hall–Kier alpha value is -0.840. The van der Waals surface area contributed by atoms with Gasteiger partial charge in [-0.25, -0.2) is 0 Å². The fourth-order valence-corrected chi connectivity index (χ4v) is 2.45. The van der Waals surface area contributed by atoms with Crippen molar-refractivity contribution >= 4 is 46.4 Å². The largest absolute Gasteiger partial charge is 0.394 e. The van der Waals surface area contributed by atoms with Gasteiger partial charge in [-0.2, -0.15) is 0 Å². The summed E-state index contributed by atoms with van der Waals surface area (Å²) >= 11 is 17.5. The van der Waals surface area contributed by atoms with Gasteiger partial charge in [0.15, 0.2) is 6.10 Å². The molecule has 7 N–H and O–H groups in total. The highest BCUT2D eigenvalue weighted by Crippen LogP contribution is 2.33. The molecular formula is C12H15Cl3N2O6. The van der Waals surface area contributed by atoms with Crippen LogP contribution in [-0.2, 0) is 4.79 Å². The molecule has 130 valence electrons. The van der Waals surface area contributed by atoms with Crippen LogP contribution >= 0.6 is 34.8 Å². The minimum atomic E-state index is -2.09. The lowest BCUT2D eigenvalue weighted by Gasteiger charge is -2.25. The summed E-state index contributed by atoms with van der Waals surface area (Å²) in [5, 5.41) is 46.9. The number of rotatable bonds is 7. The van der Waals surface area contributed by atoms with Crippen LogP contribution in [0.5, 0.6) is 0 Å². The van der Waals surface area contributed by atoms with Gasteiger partial charge in [0.25, 0.3) is 5.91 Å². The number of hydrogen-bond donors (Lipinski definition) is 7. The second-order valence-corrected chi connectivity index (χ2v) is 5.79. The number of halogens is 3. The fourth-order valence-electron chi connectivity index (χ4n) is 1.54. The summed E-state index contributed by atoms with van der Waals surface area (Å²) < 4.78 is 0. The second-order valence-electron chi connectivity index (χ2n) is 4.53. The molecule has 0 aliphatic heterocycles. The van der Waals surface area contributed by atoms with Crippen molar-refractivity contribution in [3.63, 3.8) is 0 Å². The molecule has 0 aliphatic carbocycles. The lowest BCUT2D eigenvalue weighted by atomic mass is 10.0. The van der Waals surface area contributed by atoms with Crippen molar-refractivity contribution in [2.45, 2.75) is 24.4 Å². The van der Waals surface area contributed by atoms with Crippen molar-refractivity contribution in [2.75, 3.05) is 12.0 Å². The number of aliphatic hydroxyl groups is 5. The number of hydrogen-bond acceptors (Lipinski definition) is 7. The van der Waals surface area contributed by atoms with E-state index >= 15 is 0 Å². The second kappa shape index (κ2) is 8.86. The molecule has 8 nitrogen and oxygen atoms in total. The molecule has 0 aliphatic rings. The predicted octanol–water partition coefficient (Wildman–Crippen LogP) is -0.474. The lowest BCUT2D eigenvalue weighted by Crippen LogP contribution is -2.52. The van der Waals surface area contributed by atoms with Gasteiger partial charge >= 0.3 is 0 Å². The first-order valence-corrected chi connectivity index (χ1v) is 7.36. The maximum absolute atomic E-state index is 11.7. The van der Waals surface area contributed by atoms with Crippen LogP contribution in [-0.4, -0.2) is 62.5 Å². The summed E-state index contributed by atoms with van der Waals surface area (Å²) in [6.45, 7) is -0.860. The summed E-state index contributed by atoms with van der Waals surface area (Å²) in [6, 6.07) is 2.71. The molecule has 4 unspecified atom stereocenters. The molecule has 0 aromatic heterocycles. The van der Waals surface area contributed by atoms with E-state index in [0.29, 0.717) is 0 Å². The third-order valence-corrected chi connectivity index (χ3v) is 3.66. The fraction of sp³-hybridized carbons (Fsp3) is 0.417. The molecule has 0 radical (unpaired) electrons. The molecule has 1 rings (SSSR count). The van der Waals surface area contributed by atoms with E-state index in [2.05, 4.69) is 5.43 Å². The highest BCUT2D eigenvalue weighted by Gasteiger charge is 2.34. The predicted molar refractivity (Wildman–Crippen MR) is 84.4 cm³/mol. The third-order valence-electron chi connectivity index (χ3n) is 2.84. The average molecular weight is 390 g/mol. The third kappa shape index (κ3) is 5.33. The summed E-state index contributed by atoms with van der Waals surface area (Å²) in [7, 11) is 0. The van der Waals surface area contributed by atoms with Crippen LogP contribution < -0.4 is 10.9 Å². The molecule has 0 spiro atoms. The van der Waals surface area contributed by atoms with Gasteiger partial charge < -0.3 is 25.5 Å². The monoisotopic (exact) mass is 388 g/mol. The number of hydrazine groups is 1. The first kappa shape index (κ1) is 20.2. The van der Waals surface area contributed by atoms with Crippen molar-refractivity contribution in [3.8, 4) is 0 Å². The summed E-state index contributed by atoms with van der Waals surface area (Å²) in [5.41, 5.74) is 4.47. The number of carbonyl (C=O) groups excluding carboxylic acids is 1. The van der Waals surface area contributed by atoms with Crippen LogP contribution in [0.4, 0.5) is 5.69 Å². The van der Waals surface area contributed by atoms with E-state index in [0.717, 1.165) is 0 Å². The van der Waals surface area contributed by atoms with E-state index in [4.69, 9.17) is 45.0 Å². The molecule has 0 heterocycles. The maximum atomic E-state index is 11.7. The van der Waals surface area contributed by atoms with Gasteiger partial charge in [0, 0.05) is 5.02 Å². The Morgan fingerprint density at radius 1 is 1.04 bits per heavy atom. The van der Waals surface area contributed by atoms with Gasteiger partial charge in [-0.3, -0.25) is 15.6 Å². The van der Waals surface area contributed by atoms with Gasteiger partial charge in [-0.05, 0) is 12.1 Å². The Morgan fingerprint density at radius 2 is 1.57 bits per heavy atom. The smallest absolute Gasteiger partial charge is 0.269 e. The van der Waals surface area contributed by atoms with Gasteiger partial charge in [0.2, 0.25) is 0 Å². The van der Waals surface area contributed by atoms with E-state index in [1.165, 1.54) is 12.1 Å². The van der Waals surface area contributed by atoms with Gasteiger partial charge in [0.05, 0.1) is 22.3 Å². The molecule has 0 saturated carbocycles. The highest BCUT2D eigenvalue weighted by molar-refractivity contribution is 6.41. The van der Waals surface area contributed by atoms with Crippen LogP contribution in [0.3, 0.4) is 0 Å². The van der Waals surface area contributed by atoms with Gasteiger partial charge in [-0.15, -0.1) is 0 Å². The first-order chi connectivity index (χ1) is 10.7. The number of anilines is 1. The van der Waals surface area contributed by atoms with Crippen molar-refractivity contribution < 1.29 is 30.3 Å². The number of amides is 1. The molecule has 1 amide bonds. The number of benzene rings is 1. The Labute approximate surface area is 146 Å². The average Bonchev–Trinajstić information content (AvgIpc) is 2.50. The maximum Gasteiger partial charge on any atom is 0.269 e. The molecular weight excluding hydrogens is 374 g/mol. The molecule has 23 heavy (non-hydrogen) atoms. The molecule has 11 heteroatoms. The SMILES string of the molecule is O=C(NNc1c(Cl)cc(Cl)cc1Cl)C(O)C(O)C(O)C(O)CO.